The van der Waals surface area contributed by atoms with Gasteiger partial charge in [-0.15, -0.1) is 0 Å². The van der Waals surface area contributed by atoms with E-state index in [4.69, 9.17) is 14.1 Å². The first kappa shape index (κ1) is 22.7. The van der Waals surface area contributed by atoms with Crippen LogP contribution in [0.5, 0.6) is 0 Å². The number of carbonyl (C=O) groups excluding carboxylic acids is 1. The van der Waals surface area contributed by atoms with Crippen LogP contribution < -0.4 is 15.5 Å². The van der Waals surface area contributed by atoms with Crippen molar-refractivity contribution < 1.29 is 18.3 Å². The zero-order chi connectivity index (χ0) is 24.8. The number of aromatic nitrogens is 3. The molecule has 36 heavy (non-hydrogen) atoms. The highest BCUT2D eigenvalue weighted by atomic mass is 19.1. The summed E-state index contributed by atoms with van der Waals surface area (Å²) in [5.74, 6) is 0.788. The van der Waals surface area contributed by atoms with Crippen molar-refractivity contribution in [2.45, 2.75) is 19.4 Å². The molecule has 4 aromatic rings. The van der Waals surface area contributed by atoms with Crippen LogP contribution in [0.4, 0.5) is 21.7 Å². The zero-order valence-electron chi connectivity index (χ0n) is 20.1. The number of hydrogen-bond donors (Lipinski definition) is 2. The molecule has 186 valence electrons. The molecule has 10 heteroatoms. The molecule has 2 aliphatic rings. The number of alkyl halides is 1. The molecule has 1 unspecified atom stereocenters. The number of rotatable bonds is 6. The first-order valence-electron chi connectivity index (χ1n) is 12.1. The molecule has 1 saturated heterocycles. The summed E-state index contributed by atoms with van der Waals surface area (Å²) in [6, 6.07) is 7.79. The Hall–Kier alpha value is -3.79. The number of halogens is 1. The van der Waals surface area contributed by atoms with Crippen molar-refractivity contribution in [3.05, 3.63) is 36.7 Å². The number of hydrogen-bond acceptors (Lipinski definition) is 8. The Bertz CT molecular complexity index is 1460. The smallest absolute Gasteiger partial charge is 0.229 e. The Morgan fingerprint density at radius 2 is 2.11 bits per heavy atom. The number of fused-ring (bicyclic) bond motifs is 2. The third-order valence-corrected chi connectivity index (χ3v) is 6.93. The lowest BCUT2D eigenvalue weighted by atomic mass is 10.1. The largest absolute Gasteiger partial charge is 0.436 e. The van der Waals surface area contributed by atoms with Gasteiger partial charge in [-0.3, -0.25) is 9.18 Å². The number of oxazole rings is 1. The standard InChI is InChI=1S/C26H27FN6O3/c1-14-13-33(5-6-35-14)16-3-4-22-21(8-16)31-26(36-22)20-12-30-24(28-2)19-11-29-23(9-18(19)20)32-25(34)17-7-15(17)10-27/h3-4,8-9,11-12,14-15,17H,5-7,10,13H2,1-2H3,(H,28,30)(H,29,32,34)/t14?,15-,17-/m1/s1. The molecule has 4 heterocycles. The highest BCUT2D eigenvalue weighted by Gasteiger charge is 2.43. The van der Waals surface area contributed by atoms with Crippen molar-refractivity contribution in [2.24, 2.45) is 11.8 Å². The van der Waals surface area contributed by atoms with Crippen molar-refractivity contribution in [3.63, 3.8) is 0 Å². The maximum atomic E-state index is 12.9. The van der Waals surface area contributed by atoms with Crippen LogP contribution in [0.2, 0.25) is 0 Å². The molecular formula is C26H27FN6O3. The minimum absolute atomic E-state index is 0.177. The number of amides is 1. The predicted molar refractivity (Wildman–Crippen MR) is 136 cm³/mol. The second kappa shape index (κ2) is 9.02. The van der Waals surface area contributed by atoms with Crippen LogP contribution in [-0.4, -0.2) is 60.4 Å². The van der Waals surface area contributed by atoms with Crippen molar-refractivity contribution >= 4 is 45.1 Å². The van der Waals surface area contributed by atoms with Crippen LogP contribution in [0.15, 0.2) is 41.1 Å². The predicted octanol–water partition coefficient (Wildman–Crippen LogP) is 4.25. The molecule has 1 aromatic carbocycles. The van der Waals surface area contributed by atoms with Gasteiger partial charge in [-0.25, -0.2) is 15.0 Å². The van der Waals surface area contributed by atoms with E-state index in [1.807, 2.05) is 18.2 Å². The van der Waals surface area contributed by atoms with Gasteiger partial charge in [0.25, 0.3) is 0 Å². The Balaban J connectivity index is 1.36. The van der Waals surface area contributed by atoms with Crippen molar-refractivity contribution in [3.8, 4) is 11.5 Å². The third-order valence-electron chi connectivity index (χ3n) is 6.93. The summed E-state index contributed by atoms with van der Waals surface area (Å²) in [5, 5.41) is 7.46. The molecule has 0 spiro atoms. The van der Waals surface area contributed by atoms with E-state index in [1.165, 1.54) is 0 Å². The summed E-state index contributed by atoms with van der Waals surface area (Å²) in [4.78, 5) is 28.4. The molecule has 1 saturated carbocycles. The third kappa shape index (κ3) is 4.11. The molecule has 0 bridgehead atoms. The SMILES string of the molecule is CNc1ncc(-c2nc3cc(N4CCOC(C)C4)ccc3o2)c2cc(NC(=O)[C@@H]3C[C@@H]3CF)ncc12. The molecule has 1 aliphatic carbocycles. The maximum Gasteiger partial charge on any atom is 0.229 e. The first-order valence-corrected chi connectivity index (χ1v) is 12.1. The van der Waals surface area contributed by atoms with Gasteiger partial charge in [0.15, 0.2) is 5.58 Å². The fourth-order valence-corrected chi connectivity index (χ4v) is 4.81. The van der Waals surface area contributed by atoms with Crippen LogP contribution >= 0.6 is 0 Å². The summed E-state index contributed by atoms with van der Waals surface area (Å²) in [7, 11) is 1.79. The summed E-state index contributed by atoms with van der Waals surface area (Å²) < 4.78 is 24.7. The number of morpholine rings is 1. The highest BCUT2D eigenvalue weighted by molar-refractivity contribution is 6.03. The highest BCUT2D eigenvalue weighted by Crippen LogP contribution is 2.40. The number of pyridine rings is 2. The van der Waals surface area contributed by atoms with Crippen LogP contribution in [-0.2, 0) is 9.53 Å². The van der Waals surface area contributed by atoms with E-state index in [1.54, 1.807) is 25.5 Å². The number of nitrogens with zero attached hydrogens (tertiary/aromatic N) is 4. The lowest BCUT2D eigenvalue weighted by molar-refractivity contribution is -0.117. The van der Waals surface area contributed by atoms with Gasteiger partial charge in [0.05, 0.1) is 24.9 Å². The Kier molecular flexibility index (Phi) is 5.67. The summed E-state index contributed by atoms with van der Waals surface area (Å²) in [5.41, 5.74) is 3.19. The fourth-order valence-electron chi connectivity index (χ4n) is 4.81. The van der Waals surface area contributed by atoms with E-state index in [0.717, 1.165) is 35.1 Å². The van der Waals surface area contributed by atoms with Gasteiger partial charge in [0.1, 0.15) is 17.2 Å². The van der Waals surface area contributed by atoms with Gasteiger partial charge in [-0.05, 0) is 43.5 Å². The number of nitrogens with one attached hydrogen (secondary N) is 2. The molecule has 3 aromatic heterocycles. The van der Waals surface area contributed by atoms with Gasteiger partial charge in [0.2, 0.25) is 11.8 Å². The molecule has 6 rings (SSSR count). The summed E-state index contributed by atoms with van der Waals surface area (Å²) >= 11 is 0. The maximum absolute atomic E-state index is 12.9. The van der Waals surface area contributed by atoms with Gasteiger partial charge >= 0.3 is 0 Å². The summed E-state index contributed by atoms with van der Waals surface area (Å²) in [6.07, 6.45) is 4.11. The lowest BCUT2D eigenvalue weighted by Crippen LogP contribution is -2.41. The average Bonchev–Trinajstić information content (AvgIpc) is 3.58. The minimum atomic E-state index is -0.478. The van der Waals surface area contributed by atoms with Gasteiger partial charge in [-0.2, -0.15) is 0 Å². The van der Waals surface area contributed by atoms with Crippen molar-refractivity contribution in [1.82, 2.24) is 15.0 Å². The molecule has 1 amide bonds. The summed E-state index contributed by atoms with van der Waals surface area (Å²) in [6.45, 7) is 3.94. The number of carbonyl (C=O) groups is 1. The van der Waals surface area contributed by atoms with Gasteiger partial charge < -0.3 is 24.7 Å². The molecule has 1 aliphatic heterocycles. The van der Waals surface area contributed by atoms with Crippen LogP contribution in [0.25, 0.3) is 33.3 Å². The number of benzene rings is 1. The topological polar surface area (TPSA) is 105 Å². The van der Waals surface area contributed by atoms with E-state index in [-0.39, 0.29) is 23.8 Å². The Morgan fingerprint density at radius 1 is 1.22 bits per heavy atom. The second-order valence-corrected chi connectivity index (χ2v) is 9.43. The zero-order valence-corrected chi connectivity index (χ0v) is 20.1. The van der Waals surface area contributed by atoms with Crippen LogP contribution in [0, 0.1) is 11.8 Å². The molecule has 2 N–H and O–H groups in total. The molecule has 2 fully saturated rings. The lowest BCUT2D eigenvalue weighted by Gasteiger charge is -2.32. The average molecular weight is 491 g/mol. The van der Waals surface area contributed by atoms with Crippen molar-refractivity contribution in [2.75, 3.05) is 49.0 Å². The second-order valence-electron chi connectivity index (χ2n) is 9.43. The van der Waals surface area contributed by atoms with E-state index in [0.29, 0.717) is 41.7 Å². The van der Waals surface area contributed by atoms with Gasteiger partial charge in [0, 0.05) is 54.9 Å². The normalized spacial score (nSPS) is 21.6. The Labute approximate surface area is 207 Å². The number of ether oxygens (including phenoxy) is 1. The minimum Gasteiger partial charge on any atom is -0.436 e. The molecule has 9 nitrogen and oxygen atoms in total. The van der Waals surface area contributed by atoms with Gasteiger partial charge in [-0.1, -0.05) is 0 Å². The van der Waals surface area contributed by atoms with E-state index in [9.17, 15) is 9.18 Å². The van der Waals surface area contributed by atoms with E-state index >= 15 is 0 Å². The quantitative estimate of drug-likeness (QED) is 0.413. The molecule has 3 atom stereocenters. The van der Waals surface area contributed by atoms with E-state index in [2.05, 4.69) is 32.4 Å². The van der Waals surface area contributed by atoms with Crippen molar-refractivity contribution in [1.29, 1.82) is 0 Å². The van der Waals surface area contributed by atoms with Crippen LogP contribution in [0.1, 0.15) is 13.3 Å². The van der Waals surface area contributed by atoms with Crippen LogP contribution in [0.3, 0.4) is 0 Å². The molecular weight excluding hydrogens is 463 g/mol. The monoisotopic (exact) mass is 490 g/mol. The number of anilines is 3. The molecule has 0 radical (unpaired) electrons. The van der Waals surface area contributed by atoms with E-state index < -0.39 is 6.67 Å². The first-order chi connectivity index (χ1) is 17.5. The Morgan fingerprint density at radius 3 is 2.89 bits per heavy atom. The fraction of sp³-hybridized carbons (Fsp3) is 0.385.